The summed E-state index contributed by atoms with van der Waals surface area (Å²) in [5.41, 5.74) is -1.41. The van der Waals surface area contributed by atoms with E-state index in [0.29, 0.717) is 13.0 Å². The standard InChI is InChI=1S/C7H8N2O2/c1-3-7(8-11)4-5-9(2)6(7)10/h1H,4-5H2,2H3/t7-/m0/s1. The van der Waals surface area contributed by atoms with Crippen molar-refractivity contribution in [2.75, 3.05) is 13.6 Å². The van der Waals surface area contributed by atoms with Gasteiger partial charge < -0.3 is 4.90 Å². The average molecular weight is 152 g/mol. The average Bonchev–Trinajstić information content (AvgIpc) is 2.32. The normalized spacial score (nSPS) is 30.2. The predicted molar refractivity (Wildman–Crippen MR) is 39.6 cm³/mol. The quantitative estimate of drug-likeness (QED) is 0.392. The van der Waals surface area contributed by atoms with Crippen molar-refractivity contribution in [3.63, 3.8) is 0 Å². The molecular formula is C7H8N2O2. The second-order valence-electron chi connectivity index (χ2n) is 2.57. The van der Waals surface area contributed by atoms with Crippen LogP contribution >= 0.6 is 0 Å². The SMILES string of the molecule is C#C[C@]1(N=O)CCN(C)C1=O. The third kappa shape index (κ3) is 0.891. The highest BCUT2D eigenvalue weighted by Crippen LogP contribution is 2.24. The Morgan fingerprint density at radius 1 is 1.82 bits per heavy atom. The second kappa shape index (κ2) is 2.35. The number of amides is 1. The molecule has 1 heterocycles. The molecule has 0 unspecified atom stereocenters. The van der Waals surface area contributed by atoms with Crippen LogP contribution in [0.1, 0.15) is 6.42 Å². The van der Waals surface area contributed by atoms with Gasteiger partial charge >= 0.3 is 0 Å². The van der Waals surface area contributed by atoms with Crippen molar-refractivity contribution in [2.45, 2.75) is 12.0 Å². The molecule has 1 fully saturated rings. The molecule has 0 saturated carbocycles. The van der Waals surface area contributed by atoms with Crippen molar-refractivity contribution in [1.29, 1.82) is 0 Å². The maximum Gasteiger partial charge on any atom is 0.266 e. The van der Waals surface area contributed by atoms with E-state index >= 15 is 0 Å². The van der Waals surface area contributed by atoms with E-state index in [4.69, 9.17) is 6.42 Å². The molecule has 1 aliphatic heterocycles. The first-order valence-electron chi connectivity index (χ1n) is 3.24. The Kier molecular flexibility index (Phi) is 1.65. The van der Waals surface area contributed by atoms with Crippen LogP contribution in [0, 0.1) is 17.3 Å². The summed E-state index contributed by atoms with van der Waals surface area (Å²) in [7, 11) is 1.60. The summed E-state index contributed by atoms with van der Waals surface area (Å²) >= 11 is 0. The van der Waals surface area contributed by atoms with E-state index < -0.39 is 5.54 Å². The maximum absolute atomic E-state index is 11.2. The Hall–Kier alpha value is -1.37. The first-order valence-corrected chi connectivity index (χ1v) is 3.24. The summed E-state index contributed by atoms with van der Waals surface area (Å²) in [4.78, 5) is 22.9. The maximum atomic E-state index is 11.2. The number of terminal acetylenes is 1. The minimum absolute atomic E-state index is 0.336. The zero-order chi connectivity index (χ0) is 8.48. The van der Waals surface area contributed by atoms with Gasteiger partial charge in [-0.2, -0.15) is 0 Å². The van der Waals surface area contributed by atoms with E-state index in [1.165, 1.54) is 4.90 Å². The van der Waals surface area contributed by atoms with E-state index in [-0.39, 0.29) is 5.91 Å². The molecule has 58 valence electrons. The lowest BCUT2D eigenvalue weighted by Gasteiger charge is -2.10. The van der Waals surface area contributed by atoms with Gasteiger partial charge in [-0.3, -0.25) is 4.79 Å². The van der Waals surface area contributed by atoms with Crippen LogP contribution in [0.2, 0.25) is 0 Å². The van der Waals surface area contributed by atoms with Gasteiger partial charge in [0.05, 0.1) is 0 Å². The number of likely N-dealkylation sites (tertiary alicyclic amines) is 1. The molecule has 1 atom stereocenters. The van der Waals surface area contributed by atoms with Gasteiger partial charge in [0.1, 0.15) is 0 Å². The molecule has 0 bridgehead atoms. The summed E-state index contributed by atoms with van der Waals surface area (Å²) in [6, 6.07) is 0. The molecule has 0 N–H and O–H groups in total. The number of hydrogen-bond acceptors (Lipinski definition) is 3. The molecule has 1 aliphatic rings. The number of nitroso groups, excluding NO2 is 1. The Morgan fingerprint density at radius 3 is 2.64 bits per heavy atom. The van der Waals surface area contributed by atoms with Crippen molar-refractivity contribution in [3.8, 4) is 12.3 Å². The first kappa shape index (κ1) is 7.73. The monoisotopic (exact) mass is 152 g/mol. The molecule has 1 amide bonds. The summed E-state index contributed by atoms with van der Waals surface area (Å²) in [5.74, 6) is 1.77. The van der Waals surface area contributed by atoms with Crippen LogP contribution in [0.5, 0.6) is 0 Å². The van der Waals surface area contributed by atoms with E-state index in [1.807, 2.05) is 0 Å². The Morgan fingerprint density at radius 2 is 2.45 bits per heavy atom. The van der Waals surface area contributed by atoms with Crippen molar-refractivity contribution < 1.29 is 4.79 Å². The number of carbonyl (C=O) groups excluding carboxylic acids is 1. The first-order chi connectivity index (χ1) is 5.16. The number of rotatable bonds is 1. The Labute approximate surface area is 64.5 Å². The molecule has 1 rings (SSSR count). The molecule has 0 spiro atoms. The van der Waals surface area contributed by atoms with E-state index in [1.54, 1.807) is 7.05 Å². The van der Waals surface area contributed by atoms with Crippen molar-refractivity contribution in [2.24, 2.45) is 5.18 Å². The van der Waals surface area contributed by atoms with Crippen LogP contribution in [0.25, 0.3) is 0 Å². The zero-order valence-corrected chi connectivity index (χ0v) is 6.20. The third-order valence-corrected chi connectivity index (χ3v) is 1.90. The molecule has 1 saturated heterocycles. The molecular weight excluding hydrogens is 144 g/mol. The largest absolute Gasteiger partial charge is 0.343 e. The fourth-order valence-electron chi connectivity index (χ4n) is 1.10. The summed E-state index contributed by atoms with van der Waals surface area (Å²) in [6.45, 7) is 0.509. The van der Waals surface area contributed by atoms with Gasteiger partial charge in [0.25, 0.3) is 5.91 Å². The summed E-state index contributed by atoms with van der Waals surface area (Å²) in [5, 5.41) is 2.69. The third-order valence-electron chi connectivity index (χ3n) is 1.90. The molecule has 0 aliphatic carbocycles. The van der Waals surface area contributed by atoms with Gasteiger partial charge in [-0.05, 0) is 5.18 Å². The number of nitrogens with zero attached hydrogens (tertiary/aromatic N) is 2. The lowest BCUT2D eigenvalue weighted by Crippen LogP contribution is -2.35. The number of carbonyl (C=O) groups is 1. The molecule has 4 heteroatoms. The lowest BCUT2D eigenvalue weighted by molar-refractivity contribution is -0.129. The Balaban J connectivity index is 2.98. The van der Waals surface area contributed by atoms with Gasteiger partial charge in [-0.25, -0.2) is 0 Å². The van der Waals surface area contributed by atoms with Crippen LogP contribution in [0.4, 0.5) is 0 Å². The topological polar surface area (TPSA) is 49.7 Å². The fraction of sp³-hybridized carbons (Fsp3) is 0.571. The second-order valence-corrected chi connectivity index (χ2v) is 2.57. The van der Waals surface area contributed by atoms with Gasteiger partial charge in [-0.1, -0.05) is 5.92 Å². The van der Waals surface area contributed by atoms with Gasteiger partial charge in [0.2, 0.25) is 5.54 Å². The number of likely N-dealkylation sites (N-methyl/N-ethyl adjacent to an activating group) is 1. The van der Waals surface area contributed by atoms with Crippen molar-refractivity contribution in [1.82, 2.24) is 4.90 Å². The zero-order valence-electron chi connectivity index (χ0n) is 6.20. The van der Waals surface area contributed by atoms with E-state index in [2.05, 4.69) is 11.1 Å². The molecule has 0 radical (unpaired) electrons. The van der Waals surface area contributed by atoms with Gasteiger partial charge in [0, 0.05) is 20.0 Å². The lowest BCUT2D eigenvalue weighted by atomic mass is 10.0. The highest BCUT2D eigenvalue weighted by Gasteiger charge is 2.45. The van der Waals surface area contributed by atoms with Crippen LogP contribution in [0.15, 0.2) is 5.18 Å². The van der Waals surface area contributed by atoms with Crippen LogP contribution in [0.3, 0.4) is 0 Å². The fourth-order valence-corrected chi connectivity index (χ4v) is 1.10. The molecule has 0 aromatic carbocycles. The highest BCUT2D eigenvalue weighted by atomic mass is 16.3. The van der Waals surface area contributed by atoms with Gasteiger partial charge in [0.15, 0.2) is 0 Å². The van der Waals surface area contributed by atoms with Crippen LogP contribution < -0.4 is 0 Å². The minimum atomic E-state index is -1.41. The molecule has 0 aromatic rings. The van der Waals surface area contributed by atoms with Crippen molar-refractivity contribution in [3.05, 3.63) is 4.91 Å². The van der Waals surface area contributed by atoms with Crippen LogP contribution in [-0.4, -0.2) is 29.9 Å². The predicted octanol–water partition coefficient (Wildman–Crippen LogP) is -0.0131. The number of hydrogen-bond donors (Lipinski definition) is 0. The van der Waals surface area contributed by atoms with Crippen LogP contribution in [-0.2, 0) is 4.79 Å². The minimum Gasteiger partial charge on any atom is -0.343 e. The smallest absolute Gasteiger partial charge is 0.266 e. The molecule has 0 aromatic heterocycles. The summed E-state index contributed by atoms with van der Waals surface area (Å²) < 4.78 is 0. The molecule has 11 heavy (non-hydrogen) atoms. The van der Waals surface area contributed by atoms with Gasteiger partial charge in [-0.15, -0.1) is 11.3 Å². The highest BCUT2D eigenvalue weighted by molar-refractivity contribution is 5.91. The van der Waals surface area contributed by atoms with E-state index in [9.17, 15) is 9.70 Å². The molecule has 4 nitrogen and oxygen atoms in total. The van der Waals surface area contributed by atoms with Crippen molar-refractivity contribution >= 4 is 5.91 Å². The summed E-state index contributed by atoms with van der Waals surface area (Å²) in [6.07, 6.45) is 5.38. The Bertz CT molecular complexity index is 243. The van der Waals surface area contributed by atoms with E-state index in [0.717, 1.165) is 0 Å².